The molecular weight excluding hydrogens is 278 g/mol. The number of ether oxygens (including phenoxy) is 1. The van der Waals surface area contributed by atoms with Crippen molar-refractivity contribution in [3.8, 4) is 6.01 Å². The molecule has 7 heteroatoms. The van der Waals surface area contributed by atoms with Crippen molar-refractivity contribution in [3.63, 3.8) is 0 Å². The van der Waals surface area contributed by atoms with Crippen LogP contribution in [0.4, 0.5) is 5.95 Å². The van der Waals surface area contributed by atoms with Crippen molar-refractivity contribution in [1.29, 1.82) is 0 Å². The van der Waals surface area contributed by atoms with Gasteiger partial charge in [-0.25, -0.2) is 0 Å². The molecule has 0 radical (unpaired) electrons. The van der Waals surface area contributed by atoms with Gasteiger partial charge in [0, 0.05) is 19.1 Å². The van der Waals surface area contributed by atoms with Crippen molar-refractivity contribution in [1.82, 2.24) is 19.9 Å². The second kappa shape index (κ2) is 6.54. The van der Waals surface area contributed by atoms with Gasteiger partial charge in [-0.15, -0.1) is 0 Å². The molecule has 0 spiro atoms. The molecule has 112 valence electrons. The summed E-state index contributed by atoms with van der Waals surface area (Å²) < 4.78 is 5.50. The first-order chi connectivity index (χ1) is 9.45. The molecule has 1 aliphatic rings. The number of halogens is 1. The molecule has 1 saturated heterocycles. The smallest absolute Gasteiger partial charge is 0.322 e. The van der Waals surface area contributed by atoms with Gasteiger partial charge in [0.2, 0.25) is 11.2 Å². The van der Waals surface area contributed by atoms with Crippen LogP contribution in [-0.4, -0.2) is 59.2 Å². The lowest BCUT2D eigenvalue weighted by atomic mass is 10.0. The van der Waals surface area contributed by atoms with Gasteiger partial charge >= 0.3 is 6.01 Å². The van der Waals surface area contributed by atoms with Crippen LogP contribution < -0.4 is 9.64 Å². The first kappa shape index (κ1) is 15.3. The first-order valence-corrected chi connectivity index (χ1v) is 7.33. The zero-order valence-electron chi connectivity index (χ0n) is 12.5. The van der Waals surface area contributed by atoms with E-state index in [-0.39, 0.29) is 11.4 Å². The van der Waals surface area contributed by atoms with E-state index in [2.05, 4.69) is 38.8 Å². The molecule has 1 aliphatic heterocycles. The molecule has 1 fully saturated rings. The predicted molar refractivity (Wildman–Crippen MR) is 79.5 cm³/mol. The number of piperidine rings is 1. The van der Waals surface area contributed by atoms with Gasteiger partial charge in [0.05, 0.1) is 6.10 Å². The van der Waals surface area contributed by atoms with E-state index in [0.29, 0.717) is 18.0 Å². The van der Waals surface area contributed by atoms with Crippen molar-refractivity contribution < 1.29 is 4.74 Å². The second-order valence-electron chi connectivity index (χ2n) is 5.54. The predicted octanol–water partition coefficient (Wildman–Crippen LogP) is 1.84. The van der Waals surface area contributed by atoms with Crippen molar-refractivity contribution in [2.45, 2.75) is 38.8 Å². The third-order valence-electron chi connectivity index (χ3n) is 3.39. The van der Waals surface area contributed by atoms with E-state index in [4.69, 9.17) is 16.3 Å². The van der Waals surface area contributed by atoms with Gasteiger partial charge in [0.1, 0.15) is 0 Å². The molecule has 2 heterocycles. The lowest BCUT2D eigenvalue weighted by Gasteiger charge is -2.35. The average molecular weight is 300 g/mol. The van der Waals surface area contributed by atoms with E-state index in [9.17, 15) is 0 Å². The van der Waals surface area contributed by atoms with Crippen LogP contribution >= 0.6 is 11.6 Å². The Labute approximate surface area is 125 Å². The fourth-order valence-electron chi connectivity index (χ4n) is 2.31. The van der Waals surface area contributed by atoms with Crippen LogP contribution in [0, 0.1) is 0 Å². The minimum atomic E-state index is 0.0146. The number of hydrogen-bond donors (Lipinski definition) is 0. The molecular formula is C13H22ClN5O. The van der Waals surface area contributed by atoms with Gasteiger partial charge in [0.15, 0.2) is 0 Å². The highest BCUT2D eigenvalue weighted by molar-refractivity contribution is 6.28. The number of aromatic nitrogens is 3. The lowest BCUT2D eigenvalue weighted by molar-refractivity contribution is 0.220. The minimum Gasteiger partial charge on any atom is -0.461 e. The van der Waals surface area contributed by atoms with E-state index in [1.54, 1.807) is 0 Å². The Morgan fingerprint density at radius 1 is 1.20 bits per heavy atom. The molecule has 20 heavy (non-hydrogen) atoms. The highest BCUT2D eigenvalue weighted by atomic mass is 35.5. The molecule has 0 aliphatic carbocycles. The standard InChI is InChI=1S/C13H22ClN5O/c1-9(2)20-13-16-11(14)15-12(17-13)19-7-5-10(6-8-19)18(3)4/h9-10H,5-8H2,1-4H3. The normalized spacial score (nSPS) is 17.1. The SMILES string of the molecule is CC(C)Oc1nc(Cl)nc(N2CCC(N(C)C)CC2)n1. The summed E-state index contributed by atoms with van der Waals surface area (Å²) in [6.07, 6.45) is 2.20. The fraction of sp³-hybridized carbons (Fsp3) is 0.769. The molecule has 0 saturated carbocycles. The third kappa shape index (κ3) is 3.93. The van der Waals surface area contributed by atoms with Gasteiger partial charge in [-0.3, -0.25) is 0 Å². The molecule has 0 amide bonds. The first-order valence-electron chi connectivity index (χ1n) is 6.95. The molecule has 6 nitrogen and oxygen atoms in total. The molecule has 1 aromatic heterocycles. The van der Waals surface area contributed by atoms with Crippen LogP contribution in [0.2, 0.25) is 5.28 Å². The summed E-state index contributed by atoms with van der Waals surface area (Å²) in [5.41, 5.74) is 0. The Hall–Kier alpha value is -1.14. The Balaban J connectivity index is 2.07. The molecule has 2 rings (SSSR count). The van der Waals surface area contributed by atoms with Crippen molar-refractivity contribution >= 4 is 17.5 Å². The number of hydrogen-bond acceptors (Lipinski definition) is 6. The molecule has 0 bridgehead atoms. The largest absolute Gasteiger partial charge is 0.461 e. The van der Waals surface area contributed by atoms with Gasteiger partial charge in [-0.2, -0.15) is 15.0 Å². The summed E-state index contributed by atoms with van der Waals surface area (Å²) in [6.45, 7) is 5.70. The van der Waals surface area contributed by atoms with E-state index < -0.39 is 0 Å². The van der Waals surface area contributed by atoms with Crippen molar-refractivity contribution in [2.24, 2.45) is 0 Å². The van der Waals surface area contributed by atoms with Gasteiger partial charge < -0.3 is 14.5 Å². The Bertz CT molecular complexity index is 446. The van der Waals surface area contributed by atoms with Crippen LogP contribution in [0.25, 0.3) is 0 Å². The molecule has 0 aromatic carbocycles. The molecule has 0 atom stereocenters. The van der Waals surface area contributed by atoms with E-state index in [1.807, 2.05) is 13.8 Å². The van der Waals surface area contributed by atoms with E-state index >= 15 is 0 Å². The lowest BCUT2D eigenvalue weighted by Crippen LogP contribution is -2.42. The summed E-state index contributed by atoms with van der Waals surface area (Å²) >= 11 is 5.95. The van der Waals surface area contributed by atoms with Crippen LogP contribution in [0.5, 0.6) is 6.01 Å². The Kier molecular flexibility index (Phi) is 4.99. The number of anilines is 1. The molecule has 0 N–H and O–H groups in total. The zero-order valence-corrected chi connectivity index (χ0v) is 13.3. The summed E-state index contributed by atoms with van der Waals surface area (Å²) in [6, 6.07) is 0.916. The summed E-state index contributed by atoms with van der Waals surface area (Å²) in [5, 5.41) is 0.181. The molecule has 0 unspecified atom stereocenters. The number of nitrogens with zero attached hydrogens (tertiary/aromatic N) is 5. The summed E-state index contributed by atoms with van der Waals surface area (Å²) in [7, 11) is 4.24. The third-order valence-corrected chi connectivity index (χ3v) is 3.56. The van der Waals surface area contributed by atoms with E-state index in [0.717, 1.165) is 25.9 Å². The monoisotopic (exact) mass is 299 g/mol. The second-order valence-corrected chi connectivity index (χ2v) is 5.87. The Morgan fingerprint density at radius 3 is 2.40 bits per heavy atom. The highest BCUT2D eigenvalue weighted by Gasteiger charge is 2.23. The average Bonchev–Trinajstić information content (AvgIpc) is 2.37. The topological polar surface area (TPSA) is 54.4 Å². The molecule has 1 aromatic rings. The minimum absolute atomic E-state index is 0.0146. The Morgan fingerprint density at radius 2 is 1.85 bits per heavy atom. The zero-order chi connectivity index (χ0) is 14.7. The van der Waals surface area contributed by atoms with Crippen LogP contribution in [-0.2, 0) is 0 Å². The summed E-state index contributed by atoms with van der Waals surface area (Å²) in [5.74, 6) is 0.609. The van der Waals surface area contributed by atoms with Crippen molar-refractivity contribution in [2.75, 3.05) is 32.1 Å². The fourth-order valence-corrected chi connectivity index (χ4v) is 2.46. The van der Waals surface area contributed by atoms with Crippen LogP contribution in [0.15, 0.2) is 0 Å². The van der Waals surface area contributed by atoms with Crippen molar-refractivity contribution in [3.05, 3.63) is 5.28 Å². The quantitative estimate of drug-likeness (QED) is 0.845. The van der Waals surface area contributed by atoms with Gasteiger partial charge in [-0.1, -0.05) is 0 Å². The van der Waals surface area contributed by atoms with E-state index in [1.165, 1.54) is 0 Å². The van der Waals surface area contributed by atoms with Gasteiger partial charge in [-0.05, 0) is 52.4 Å². The maximum Gasteiger partial charge on any atom is 0.322 e. The summed E-state index contributed by atoms with van der Waals surface area (Å²) in [4.78, 5) is 17.0. The number of rotatable bonds is 4. The maximum atomic E-state index is 5.95. The van der Waals surface area contributed by atoms with Crippen LogP contribution in [0.1, 0.15) is 26.7 Å². The van der Waals surface area contributed by atoms with Gasteiger partial charge in [0.25, 0.3) is 0 Å². The maximum absolute atomic E-state index is 5.95. The van der Waals surface area contributed by atoms with Crippen LogP contribution in [0.3, 0.4) is 0 Å². The highest BCUT2D eigenvalue weighted by Crippen LogP contribution is 2.21.